The minimum atomic E-state index is -0.205. The lowest BCUT2D eigenvalue weighted by atomic mass is 10.0. The Hall–Kier alpha value is -2.54. The topological polar surface area (TPSA) is 52.6 Å². The van der Waals surface area contributed by atoms with Crippen LogP contribution in [0.3, 0.4) is 0 Å². The summed E-state index contributed by atoms with van der Waals surface area (Å²) in [6.45, 7) is 4.68. The Balaban J connectivity index is 1.27. The van der Waals surface area contributed by atoms with E-state index >= 15 is 0 Å². The molecule has 0 bridgehead atoms. The Morgan fingerprint density at radius 3 is 2.46 bits per heavy atom. The van der Waals surface area contributed by atoms with Crippen molar-refractivity contribution in [3.63, 3.8) is 0 Å². The lowest BCUT2D eigenvalue weighted by Crippen LogP contribution is -2.49. The van der Waals surface area contributed by atoms with Crippen molar-refractivity contribution >= 4 is 11.9 Å². The number of likely N-dealkylation sites (tertiary alicyclic amines) is 1. The van der Waals surface area contributed by atoms with Gasteiger partial charge in [0.25, 0.3) is 0 Å². The second-order valence-electron chi connectivity index (χ2n) is 7.41. The van der Waals surface area contributed by atoms with E-state index in [0.717, 1.165) is 50.5 Å². The number of carbonyl (C=O) groups excluding carboxylic acids is 1. The van der Waals surface area contributed by atoms with Gasteiger partial charge in [0.2, 0.25) is 11.9 Å². The molecule has 2 saturated heterocycles. The first-order valence-corrected chi connectivity index (χ1v) is 10.00. The van der Waals surface area contributed by atoms with Crippen LogP contribution in [0.15, 0.2) is 42.7 Å². The van der Waals surface area contributed by atoms with Crippen molar-refractivity contribution in [1.82, 2.24) is 19.8 Å². The number of benzene rings is 1. The van der Waals surface area contributed by atoms with Crippen LogP contribution in [-0.2, 0) is 4.79 Å². The number of aromatic nitrogens is 2. The fourth-order valence-electron chi connectivity index (χ4n) is 4.16. The highest BCUT2D eigenvalue weighted by Crippen LogP contribution is 2.32. The molecule has 3 heterocycles. The molecule has 6 nitrogen and oxygen atoms in total. The molecule has 0 saturated carbocycles. The highest BCUT2D eigenvalue weighted by Gasteiger charge is 2.28. The summed E-state index contributed by atoms with van der Waals surface area (Å²) in [4.78, 5) is 27.7. The molecular formula is C21H26FN5O. The van der Waals surface area contributed by atoms with Gasteiger partial charge in [0, 0.05) is 57.6 Å². The Kier molecular flexibility index (Phi) is 5.81. The summed E-state index contributed by atoms with van der Waals surface area (Å²) in [6.07, 6.45) is 6.20. The number of nitrogens with zero attached hydrogens (tertiary/aromatic N) is 5. The molecule has 28 heavy (non-hydrogen) atoms. The molecule has 0 N–H and O–H groups in total. The summed E-state index contributed by atoms with van der Waals surface area (Å²) < 4.78 is 13.2. The van der Waals surface area contributed by atoms with Crippen LogP contribution in [0.5, 0.6) is 0 Å². The Morgan fingerprint density at radius 1 is 1.04 bits per heavy atom. The molecule has 1 atom stereocenters. The van der Waals surface area contributed by atoms with Crippen LogP contribution in [0, 0.1) is 5.82 Å². The maximum Gasteiger partial charge on any atom is 0.225 e. The quantitative estimate of drug-likeness (QED) is 0.794. The zero-order valence-electron chi connectivity index (χ0n) is 16.0. The molecule has 2 aromatic rings. The number of amides is 1. The van der Waals surface area contributed by atoms with E-state index in [9.17, 15) is 9.18 Å². The van der Waals surface area contributed by atoms with Crippen molar-refractivity contribution in [2.45, 2.75) is 25.3 Å². The van der Waals surface area contributed by atoms with Gasteiger partial charge in [0.05, 0.1) is 0 Å². The second-order valence-corrected chi connectivity index (χ2v) is 7.41. The summed E-state index contributed by atoms with van der Waals surface area (Å²) in [6, 6.07) is 8.87. The molecular weight excluding hydrogens is 357 g/mol. The second kappa shape index (κ2) is 8.65. The van der Waals surface area contributed by atoms with Crippen LogP contribution in [0.25, 0.3) is 0 Å². The third-order valence-electron chi connectivity index (χ3n) is 5.70. The Bertz CT molecular complexity index is 777. The molecule has 7 heteroatoms. The van der Waals surface area contributed by atoms with Gasteiger partial charge in [0.1, 0.15) is 5.82 Å². The molecule has 1 aromatic heterocycles. The van der Waals surface area contributed by atoms with Crippen molar-refractivity contribution in [1.29, 1.82) is 0 Å². The zero-order chi connectivity index (χ0) is 19.3. The minimum Gasteiger partial charge on any atom is -0.339 e. The number of piperazine rings is 1. The van der Waals surface area contributed by atoms with E-state index in [1.807, 2.05) is 17.0 Å². The lowest BCUT2D eigenvalue weighted by molar-refractivity contribution is -0.131. The molecule has 2 aliphatic rings. The summed E-state index contributed by atoms with van der Waals surface area (Å²) >= 11 is 0. The maximum atomic E-state index is 13.2. The van der Waals surface area contributed by atoms with Crippen LogP contribution >= 0.6 is 0 Å². The molecule has 148 valence electrons. The predicted molar refractivity (Wildman–Crippen MR) is 105 cm³/mol. The van der Waals surface area contributed by atoms with Gasteiger partial charge in [-0.2, -0.15) is 0 Å². The third kappa shape index (κ3) is 4.30. The standard InChI is InChI=1S/C21H26FN5O/c22-18-6-4-17(5-7-18)19-3-1-11-25(19)12-8-20(28)26-13-15-27(16-14-26)21-23-9-2-10-24-21/h2,4-7,9-10,19H,1,3,8,11-16H2. The Morgan fingerprint density at radius 2 is 1.75 bits per heavy atom. The molecule has 0 spiro atoms. The van der Waals surface area contributed by atoms with Gasteiger partial charge in [-0.05, 0) is 43.1 Å². The van der Waals surface area contributed by atoms with Crippen LogP contribution in [0.4, 0.5) is 10.3 Å². The van der Waals surface area contributed by atoms with Gasteiger partial charge in [-0.15, -0.1) is 0 Å². The summed E-state index contributed by atoms with van der Waals surface area (Å²) in [5.74, 6) is 0.732. The van der Waals surface area contributed by atoms with E-state index < -0.39 is 0 Å². The highest BCUT2D eigenvalue weighted by atomic mass is 19.1. The third-order valence-corrected chi connectivity index (χ3v) is 5.70. The van der Waals surface area contributed by atoms with Crippen molar-refractivity contribution in [2.75, 3.05) is 44.2 Å². The van der Waals surface area contributed by atoms with E-state index in [0.29, 0.717) is 25.6 Å². The lowest BCUT2D eigenvalue weighted by Gasteiger charge is -2.35. The first-order chi connectivity index (χ1) is 13.7. The molecule has 1 aromatic carbocycles. The summed E-state index contributed by atoms with van der Waals surface area (Å²) in [5, 5.41) is 0. The molecule has 0 aliphatic carbocycles. The number of hydrogen-bond donors (Lipinski definition) is 0. The van der Waals surface area contributed by atoms with Gasteiger partial charge >= 0.3 is 0 Å². The van der Waals surface area contributed by atoms with Gasteiger partial charge in [-0.1, -0.05) is 12.1 Å². The molecule has 2 aliphatic heterocycles. The highest BCUT2D eigenvalue weighted by molar-refractivity contribution is 5.76. The molecule has 2 fully saturated rings. The van der Waals surface area contributed by atoms with Gasteiger partial charge in [0.15, 0.2) is 0 Å². The number of hydrogen-bond acceptors (Lipinski definition) is 5. The number of carbonyl (C=O) groups is 1. The first kappa shape index (κ1) is 18.8. The van der Waals surface area contributed by atoms with Gasteiger partial charge in [-0.3, -0.25) is 9.69 Å². The van der Waals surface area contributed by atoms with Crippen molar-refractivity contribution in [2.24, 2.45) is 0 Å². The van der Waals surface area contributed by atoms with E-state index in [1.165, 1.54) is 12.1 Å². The average molecular weight is 383 g/mol. The Labute approximate surface area is 165 Å². The van der Waals surface area contributed by atoms with Crippen LogP contribution < -0.4 is 4.90 Å². The molecule has 4 rings (SSSR count). The summed E-state index contributed by atoms with van der Waals surface area (Å²) in [7, 11) is 0. The molecule has 0 radical (unpaired) electrons. The fraction of sp³-hybridized carbons (Fsp3) is 0.476. The number of halogens is 1. The summed E-state index contributed by atoms with van der Waals surface area (Å²) in [5.41, 5.74) is 1.14. The van der Waals surface area contributed by atoms with E-state index in [4.69, 9.17) is 0 Å². The van der Waals surface area contributed by atoms with Gasteiger partial charge in [-0.25, -0.2) is 14.4 Å². The predicted octanol–water partition coefficient (Wildman–Crippen LogP) is 2.49. The normalized spacial score (nSPS) is 20.5. The fourth-order valence-corrected chi connectivity index (χ4v) is 4.16. The monoisotopic (exact) mass is 383 g/mol. The van der Waals surface area contributed by atoms with E-state index in [1.54, 1.807) is 18.5 Å². The number of anilines is 1. The van der Waals surface area contributed by atoms with E-state index in [2.05, 4.69) is 19.8 Å². The first-order valence-electron chi connectivity index (χ1n) is 10.00. The van der Waals surface area contributed by atoms with Crippen LogP contribution in [0.2, 0.25) is 0 Å². The van der Waals surface area contributed by atoms with E-state index in [-0.39, 0.29) is 11.7 Å². The van der Waals surface area contributed by atoms with Crippen molar-refractivity contribution in [3.05, 3.63) is 54.1 Å². The molecule has 1 amide bonds. The largest absolute Gasteiger partial charge is 0.339 e. The van der Waals surface area contributed by atoms with Crippen molar-refractivity contribution in [3.8, 4) is 0 Å². The van der Waals surface area contributed by atoms with Crippen LogP contribution in [-0.4, -0.2) is 64.9 Å². The molecule has 1 unspecified atom stereocenters. The zero-order valence-corrected chi connectivity index (χ0v) is 16.0. The smallest absolute Gasteiger partial charge is 0.225 e. The van der Waals surface area contributed by atoms with Crippen molar-refractivity contribution < 1.29 is 9.18 Å². The maximum absolute atomic E-state index is 13.2. The minimum absolute atomic E-state index is 0.205. The average Bonchev–Trinajstić information content (AvgIpc) is 3.22. The SMILES string of the molecule is O=C(CCN1CCCC1c1ccc(F)cc1)N1CCN(c2ncccn2)CC1. The number of rotatable bonds is 5. The van der Waals surface area contributed by atoms with Gasteiger partial charge < -0.3 is 9.80 Å². The van der Waals surface area contributed by atoms with Crippen LogP contribution in [0.1, 0.15) is 30.9 Å².